The number of carbonyl (C=O) groups is 1. The van der Waals surface area contributed by atoms with Crippen molar-refractivity contribution in [3.8, 4) is 5.75 Å². The molecule has 0 radical (unpaired) electrons. The van der Waals surface area contributed by atoms with Gasteiger partial charge in [-0.2, -0.15) is 0 Å². The fraction of sp³-hybridized carbons (Fsp3) is 0. The van der Waals surface area contributed by atoms with Crippen LogP contribution < -0.4 is 0 Å². The number of carboxylic acids is 1. The third kappa shape index (κ3) is 1.36. The van der Waals surface area contributed by atoms with Gasteiger partial charge in [0.1, 0.15) is 5.75 Å². The van der Waals surface area contributed by atoms with Gasteiger partial charge in [-0.3, -0.25) is 0 Å². The Morgan fingerprint density at radius 3 is 2.86 bits per heavy atom. The van der Waals surface area contributed by atoms with Gasteiger partial charge >= 0.3 is 5.97 Å². The van der Waals surface area contributed by atoms with Crippen LogP contribution in [-0.2, 0) is 0 Å². The molecule has 2 aromatic rings. The molecule has 72 valence electrons. The Kier molecular flexibility index (Phi) is 2.36. The van der Waals surface area contributed by atoms with E-state index >= 15 is 0 Å². The molecule has 0 unspecified atom stereocenters. The highest BCUT2D eigenvalue weighted by atomic mass is 127. The number of benzene rings is 1. The minimum Gasteiger partial charge on any atom is -0.507 e. The predicted octanol–water partition coefficient (Wildman–Crippen LogP) is 2.91. The molecule has 5 heteroatoms. The van der Waals surface area contributed by atoms with Crippen LogP contribution in [0.25, 0.3) is 10.1 Å². The van der Waals surface area contributed by atoms with Gasteiger partial charge in [0.2, 0.25) is 0 Å². The molecule has 0 bridgehead atoms. The third-order valence-electron chi connectivity index (χ3n) is 1.88. The summed E-state index contributed by atoms with van der Waals surface area (Å²) in [7, 11) is 0. The van der Waals surface area contributed by atoms with Crippen LogP contribution in [0.4, 0.5) is 0 Å². The summed E-state index contributed by atoms with van der Waals surface area (Å²) in [5, 5.41) is 21.0. The number of hydrogen-bond acceptors (Lipinski definition) is 3. The number of halogens is 1. The van der Waals surface area contributed by atoms with Gasteiger partial charge in [0, 0.05) is 5.39 Å². The number of fused-ring (bicyclic) bond motifs is 1. The number of phenolic OH excluding ortho intramolecular Hbond substituents is 1. The predicted molar refractivity (Wildman–Crippen MR) is 63.2 cm³/mol. The van der Waals surface area contributed by atoms with Gasteiger partial charge in [-0.1, -0.05) is 0 Å². The molecule has 3 nitrogen and oxygen atoms in total. The summed E-state index contributed by atoms with van der Waals surface area (Å²) < 4.78 is 1.41. The van der Waals surface area contributed by atoms with Crippen molar-refractivity contribution in [3.05, 3.63) is 26.6 Å². The minimum atomic E-state index is -1.01. The van der Waals surface area contributed by atoms with E-state index in [1.54, 1.807) is 0 Å². The molecule has 0 aliphatic rings. The van der Waals surface area contributed by atoms with Gasteiger partial charge in [-0.15, -0.1) is 11.3 Å². The van der Waals surface area contributed by atoms with Gasteiger partial charge < -0.3 is 10.2 Å². The van der Waals surface area contributed by atoms with E-state index in [0.29, 0.717) is 8.27 Å². The van der Waals surface area contributed by atoms with Crippen LogP contribution >= 0.6 is 33.9 Å². The van der Waals surface area contributed by atoms with Crippen molar-refractivity contribution in [2.45, 2.75) is 0 Å². The van der Waals surface area contributed by atoms with Crippen LogP contribution in [0, 0.1) is 3.57 Å². The quantitative estimate of drug-likeness (QED) is 0.795. The van der Waals surface area contributed by atoms with Crippen molar-refractivity contribution in [1.82, 2.24) is 0 Å². The summed E-state index contributed by atoms with van der Waals surface area (Å²) in [6.45, 7) is 0. The van der Waals surface area contributed by atoms with Gasteiger partial charge in [-0.05, 0) is 40.1 Å². The van der Waals surface area contributed by atoms with Crippen molar-refractivity contribution in [2.24, 2.45) is 0 Å². The lowest BCUT2D eigenvalue weighted by molar-refractivity contribution is 0.0699. The molecular weight excluding hydrogens is 315 g/mol. The molecule has 2 rings (SSSR count). The van der Waals surface area contributed by atoms with Crippen molar-refractivity contribution >= 4 is 50.0 Å². The first-order valence-corrected chi connectivity index (χ1v) is 5.69. The van der Waals surface area contributed by atoms with Crippen LogP contribution in [0.15, 0.2) is 17.5 Å². The molecule has 0 atom stereocenters. The Morgan fingerprint density at radius 1 is 1.50 bits per heavy atom. The lowest BCUT2D eigenvalue weighted by Gasteiger charge is -2.02. The van der Waals surface area contributed by atoms with Crippen molar-refractivity contribution in [2.75, 3.05) is 0 Å². The number of carboxylic acid groups (broad SMARTS) is 1. The molecule has 0 amide bonds. The number of rotatable bonds is 1. The monoisotopic (exact) mass is 320 g/mol. The molecule has 0 spiro atoms. The second-order valence-electron chi connectivity index (χ2n) is 2.73. The molecular formula is C9H5IO3S. The lowest BCUT2D eigenvalue weighted by Crippen LogP contribution is -1.96. The van der Waals surface area contributed by atoms with E-state index in [2.05, 4.69) is 0 Å². The molecule has 0 fully saturated rings. The topological polar surface area (TPSA) is 57.5 Å². The fourth-order valence-corrected chi connectivity index (χ4v) is 2.95. The summed E-state index contributed by atoms with van der Waals surface area (Å²) in [5.41, 5.74) is 0.160. The Morgan fingerprint density at radius 2 is 2.21 bits per heavy atom. The van der Waals surface area contributed by atoms with E-state index in [9.17, 15) is 9.90 Å². The number of hydrogen-bond donors (Lipinski definition) is 2. The normalized spacial score (nSPS) is 10.6. The summed E-state index contributed by atoms with van der Waals surface area (Å²) in [5.74, 6) is -0.988. The van der Waals surface area contributed by atoms with Crippen molar-refractivity contribution in [1.29, 1.82) is 0 Å². The molecule has 14 heavy (non-hydrogen) atoms. The zero-order valence-electron chi connectivity index (χ0n) is 6.82. The smallest absolute Gasteiger partial charge is 0.337 e. The van der Waals surface area contributed by atoms with Crippen molar-refractivity contribution in [3.63, 3.8) is 0 Å². The second-order valence-corrected chi connectivity index (χ2v) is 4.72. The Balaban J connectivity index is 2.91. The molecule has 0 aliphatic carbocycles. The standard InChI is InChI=1S/C9H5IO3S/c10-7-4-1-2-14-8(4)5(9(12)13)3-6(7)11/h1-3,11H,(H,12,13). The summed E-state index contributed by atoms with van der Waals surface area (Å²) >= 11 is 3.37. The molecule has 0 aliphatic heterocycles. The van der Waals surface area contributed by atoms with Crippen LogP contribution in [0.1, 0.15) is 10.4 Å². The van der Waals surface area contributed by atoms with E-state index in [1.807, 2.05) is 34.0 Å². The molecule has 0 saturated heterocycles. The minimum absolute atomic E-state index is 0.0221. The Labute approximate surface area is 97.1 Å². The first kappa shape index (κ1) is 9.72. The van der Waals surface area contributed by atoms with Crippen LogP contribution in [0.3, 0.4) is 0 Å². The highest BCUT2D eigenvalue weighted by Crippen LogP contribution is 2.34. The summed E-state index contributed by atoms with van der Waals surface area (Å²) in [6, 6.07) is 3.11. The Hall–Kier alpha value is -0.820. The molecule has 1 aromatic heterocycles. The van der Waals surface area contributed by atoms with E-state index in [0.717, 1.165) is 5.39 Å². The molecule has 0 saturated carbocycles. The maximum absolute atomic E-state index is 10.9. The third-order valence-corrected chi connectivity index (χ3v) is 3.96. The molecule has 1 aromatic carbocycles. The summed E-state index contributed by atoms with van der Waals surface area (Å²) in [4.78, 5) is 10.9. The highest BCUT2D eigenvalue weighted by molar-refractivity contribution is 14.1. The van der Waals surface area contributed by atoms with Gasteiger partial charge in [-0.25, -0.2) is 4.79 Å². The van der Waals surface area contributed by atoms with E-state index in [1.165, 1.54) is 17.4 Å². The van der Waals surface area contributed by atoms with Crippen LogP contribution in [0.2, 0.25) is 0 Å². The maximum Gasteiger partial charge on any atom is 0.337 e. The van der Waals surface area contributed by atoms with Gasteiger partial charge in [0.05, 0.1) is 13.8 Å². The summed E-state index contributed by atoms with van der Waals surface area (Å²) in [6.07, 6.45) is 0. The number of thiophene rings is 1. The first-order valence-electron chi connectivity index (χ1n) is 3.73. The fourth-order valence-electron chi connectivity index (χ4n) is 1.25. The SMILES string of the molecule is O=C(O)c1cc(O)c(I)c2ccsc12. The van der Waals surface area contributed by atoms with E-state index in [-0.39, 0.29) is 11.3 Å². The lowest BCUT2D eigenvalue weighted by atomic mass is 10.1. The molecule has 2 N–H and O–H groups in total. The van der Waals surface area contributed by atoms with Crippen LogP contribution in [0.5, 0.6) is 5.75 Å². The second kappa shape index (κ2) is 3.39. The molecule has 1 heterocycles. The highest BCUT2D eigenvalue weighted by Gasteiger charge is 2.15. The number of aromatic hydroxyl groups is 1. The zero-order valence-corrected chi connectivity index (χ0v) is 9.79. The van der Waals surface area contributed by atoms with E-state index < -0.39 is 5.97 Å². The van der Waals surface area contributed by atoms with Gasteiger partial charge in [0.15, 0.2) is 0 Å². The van der Waals surface area contributed by atoms with Gasteiger partial charge in [0.25, 0.3) is 0 Å². The number of phenols is 1. The number of aromatic carboxylic acids is 1. The average Bonchev–Trinajstić information content (AvgIpc) is 2.59. The van der Waals surface area contributed by atoms with E-state index in [4.69, 9.17) is 5.11 Å². The van der Waals surface area contributed by atoms with Crippen molar-refractivity contribution < 1.29 is 15.0 Å². The largest absolute Gasteiger partial charge is 0.507 e. The Bertz CT molecular complexity index is 518. The van der Waals surface area contributed by atoms with Crippen LogP contribution in [-0.4, -0.2) is 16.2 Å². The average molecular weight is 320 g/mol. The maximum atomic E-state index is 10.9. The first-order chi connectivity index (χ1) is 6.61. The zero-order chi connectivity index (χ0) is 10.3.